The van der Waals surface area contributed by atoms with Gasteiger partial charge in [-0.05, 0) is 25.1 Å². The summed E-state index contributed by atoms with van der Waals surface area (Å²) >= 11 is 0. The lowest BCUT2D eigenvalue weighted by Crippen LogP contribution is -2.46. The van der Waals surface area contributed by atoms with Crippen LogP contribution in [0.15, 0.2) is 18.2 Å². The van der Waals surface area contributed by atoms with Crippen LogP contribution in [-0.4, -0.2) is 36.0 Å². The minimum absolute atomic E-state index is 0.0907. The molecule has 0 radical (unpaired) electrons. The van der Waals surface area contributed by atoms with E-state index in [1.807, 2.05) is 0 Å². The molecule has 0 spiro atoms. The number of hydrogen-bond donors (Lipinski definition) is 3. The first-order valence-electron chi connectivity index (χ1n) is 7.09. The Morgan fingerprint density at radius 2 is 1.83 bits per heavy atom. The molecular formula is C16H22N2O5. The summed E-state index contributed by atoms with van der Waals surface area (Å²) in [5, 5.41) is 14.3. The second-order valence-electron chi connectivity index (χ2n) is 6.15. The van der Waals surface area contributed by atoms with Crippen LogP contribution in [0.3, 0.4) is 0 Å². The Morgan fingerprint density at radius 3 is 2.30 bits per heavy atom. The minimum atomic E-state index is -1.19. The lowest BCUT2D eigenvalue weighted by atomic mass is 9.95. The third-order valence-electron chi connectivity index (χ3n) is 3.14. The Kier molecular flexibility index (Phi) is 5.73. The predicted octanol–water partition coefficient (Wildman–Crippen LogP) is 1.88. The van der Waals surface area contributed by atoms with Crippen molar-refractivity contribution in [3.05, 3.63) is 23.8 Å². The van der Waals surface area contributed by atoms with E-state index in [4.69, 9.17) is 4.74 Å². The zero-order chi connectivity index (χ0) is 17.8. The average molecular weight is 322 g/mol. The molecule has 1 unspecified atom stereocenters. The average Bonchev–Trinajstić information content (AvgIpc) is 2.46. The first-order chi connectivity index (χ1) is 10.6. The zero-order valence-corrected chi connectivity index (χ0v) is 13.9. The van der Waals surface area contributed by atoms with Gasteiger partial charge in [0.2, 0.25) is 11.8 Å². The molecule has 3 N–H and O–H groups in total. The quantitative estimate of drug-likeness (QED) is 0.768. The summed E-state index contributed by atoms with van der Waals surface area (Å²) in [6.07, 6.45) is 0. The number of nitrogens with one attached hydrogen (secondary N) is 2. The first-order valence-corrected chi connectivity index (χ1v) is 7.09. The van der Waals surface area contributed by atoms with Gasteiger partial charge in [0, 0.05) is 5.41 Å². The normalized spacial score (nSPS) is 12.2. The highest BCUT2D eigenvalue weighted by Crippen LogP contribution is 2.22. The number of hydrogen-bond acceptors (Lipinski definition) is 4. The first kappa shape index (κ1) is 18.5. The summed E-state index contributed by atoms with van der Waals surface area (Å²) in [5.74, 6) is -1.59. The predicted molar refractivity (Wildman–Crippen MR) is 85.6 cm³/mol. The zero-order valence-electron chi connectivity index (χ0n) is 13.9. The van der Waals surface area contributed by atoms with Gasteiger partial charge in [0.25, 0.3) is 0 Å². The number of carboxylic acid groups (broad SMARTS) is 1. The smallest absolute Gasteiger partial charge is 0.337 e. The Morgan fingerprint density at radius 1 is 1.22 bits per heavy atom. The van der Waals surface area contributed by atoms with Gasteiger partial charge in [-0.1, -0.05) is 20.8 Å². The van der Waals surface area contributed by atoms with Gasteiger partial charge in [-0.3, -0.25) is 9.59 Å². The van der Waals surface area contributed by atoms with Crippen LogP contribution in [0.1, 0.15) is 38.1 Å². The maximum absolute atomic E-state index is 12.2. The maximum atomic E-state index is 12.2. The van der Waals surface area contributed by atoms with Crippen LogP contribution in [-0.2, 0) is 9.59 Å². The van der Waals surface area contributed by atoms with Crippen LogP contribution in [0.2, 0.25) is 0 Å². The molecule has 1 rings (SSSR count). The summed E-state index contributed by atoms with van der Waals surface area (Å²) in [7, 11) is 1.42. The van der Waals surface area contributed by atoms with Crippen LogP contribution in [0, 0.1) is 5.41 Å². The number of carbonyl (C=O) groups excluding carboxylic acids is 2. The maximum Gasteiger partial charge on any atom is 0.337 e. The second-order valence-corrected chi connectivity index (χ2v) is 6.15. The van der Waals surface area contributed by atoms with Crippen molar-refractivity contribution >= 4 is 23.5 Å². The second kappa shape index (κ2) is 7.13. The topological polar surface area (TPSA) is 105 Å². The molecule has 7 heteroatoms. The lowest BCUT2D eigenvalue weighted by Gasteiger charge is -2.21. The summed E-state index contributed by atoms with van der Waals surface area (Å²) < 4.78 is 4.97. The molecule has 1 aromatic rings. The van der Waals surface area contributed by atoms with Crippen LogP contribution in [0.25, 0.3) is 0 Å². The standard InChI is InChI=1S/C16H22N2O5/c1-9(17-15(22)16(2,3)4)13(19)18-12-7-6-10(23-5)8-11(12)14(20)21/h6-9H,1-5H3,(H,17,22)(H,18,19)(H,20,21). The van der Waals surface area contributed by atoms with E-state index in [-0.39, 0.29) is 17.2 Å². The van der Waals surface area contributed by atoms with E-state index in [1.54, 1.807) is 26.8 Å². The molecule has 0 fully saturated rings. The van der Waals surface area contributed by atoms with E-state index in [2.05, 4.69) is 10.6 Å². The molecule has 0 saturated heterocycles. The number of carboxylic acids is 1. The number of aromatic carboxylic acids is 1. The lowest BCUT2D eigenvalue weighted by molar-refractivity contribution is -0.131. The van der Waals surface area contributed by atoms with Crippen molar-refractivity contribution in [3.8, 4) is 5.75 Å². The summed E-state index contributed by atoms with van der Waals surface area (Å²) in [4.78, 5) is 35.3. The van der Waals surface area contributed by atoms with E-state index in [0.717, 1.165) is 0 Å². The Hall–Kier alpha value is -2.57. The Labute approximate surface area is 135 Å². The number of ether oxygens (including phenoxy) is 1. The molecule has 1 aromatic carbocycles. The van der Waals surface area contributed by atoms with E-state index in [0.29, 0.717) is 5.75 Å². The van der Waals surface area contributed by atoms with E-state index in [9.17, 15) is 19.5 Å². The molecule has 0 aliphatic carbocycles. The number of amides is 2. The Balaban J connectivity index is 2.89. The van der Waals surface area contributed by atoms with Crippen LogP contribution in [0.5, 0.6) is 5.75 Å². The van der Waals surface area contributed by atoms with Gasteiger partial charge in [0.1, 0.15) is 11.8 Å². The highest BCUT2D eigenvalue weighted by atomic mass is 16.5. The van der Waals surface area contributed by atoms with E-state index in [1.165, 1.54) is 26.2 Å². The van der Waals surface area contributed by atoms with Crippen molar-refractivity contribution < 1.29 is 24.2 Å². The number of rotatable bonds is 5. The highest BCUT2D eigenvalue weighted by molar-refractivity contribution is 6.03. The fraction of sp³-hybridized carbons (Fsp3) is 0.438. The molecule has 0 aromatic heterocycles. The van der Waals surface area contributed by atoms with Crippen molar-refractivity contribution in [2.75, 3.05) is 12.4 Å². The number of anilines is 1. The molecule has 1 atom stereocenters. The van der Waals surface area contributed by atoms with E-state index < -0.39 is 23.3 Å². The molecule has 0 bridgehead atoms. The monoisotopic (exact) mass is 322 g/mol. The van der Waals surface area contributed by atoms with Gasteiger partial charge in [-0.15, -0.1) is 0 Å². The third kappa shape index (κ3) is 4.98. The SMILES string of the molecule is COc1ccc(NC(=O)C(C)NC(=O)C(C)(C)C)c(C(=O)O)c1. The van der Waals surface area contributed by atoms with Gasteiger partial charge < -0.3 is 20.5 Å². The molecule has 23 heavy (non-hydrogen) atoms. The fourth-order valence-electron chi connectivity index (χ4n) is 1.66. The highest BCUT2D eigenvalue weighted by Gasteiger charge is 2.25. The summed E-state index contributed by atoms with van der Waals surface area (Å²) in [6.45, 7) is 6.74. The van der Waals surface area contributed by atoms with Crippen molar-refractivity contribution in [3.63, 3.8) is 0 Å². The van der Waals surface area contributed by atoms with Gasteiger partial charge in [-0.2, -0.15) is 0 Å². The van der Waals surface area contributed by atoms with Gasteiger partial charge in [0.15, 0.2) is 0 Å². The number of methoxy groups -OCH3 is 1. The van der Waals surface area contributed by atoms with Crippen LogP contribution >= 0.6 is 0 Å². The Bertz CT molecular complexity index is 619. The van der Waals surface area contributed by atoms with Gasteiger partial charge in [0.05, 0.1) is 18.4 Å². The third-order valence-corrected chi connectivity index (χ3v) is 3.14. The molecule has 0 aliphatic rings. The van der Waals surface area contributed by atoms with Crippen molar-refractivity contribution in [2.24, 2.45) is 5.41 Å². The van der Waals surface area contributed by atoms with Crippen LogP contribution < -0.4 is 15.4 Å². The summed E-state index contributed by atoms with van der Waals surface area (Å²) in [6, 6.07) is 3.50. The number of benzene rings is 1. The van der Waals surface area contributed by atoms with Crippen molar-refractivity contribution in [1.29, 1.82) is 0 Å². The minimum Gasteiger partial charge on any atom is -0.497 e. The van der Waals surface area contributed by atoms with Crippen molar-refractivity contribution in [1.82, 2.24) is 5.32 Å². The summed E-state index contributed by atoms with van der Waals surface area (Å²) in [5.41, 5.74) is -0.576. The van der Waals surface area contributed by atoms with E-state index >= 15 is 0 Å². The fourth-order valence-corrected chi connectivity index (χ4v) is 1.66. The molecule has 0 saturated carbocycles. The van der Waals surface area contributed by atoms with Gasteiger partial charge in [-0.25, -0.2) is 4.79 Å². The largest absolute Gasteiger partial charge is 0.497 e. The van der Waals surface area contributed by atoms with Crippen molar-refractivity contribution in [2.45, 2.75) is 33.7 Å². The van der Waals surface area contributed by atoms with Crippen LogP contribution in [0.4, 0.5) is 5.69 Å². The van der Waals surface area contributed by atoms with Gasteiger partial charge >= 0.3 is 5.97 Å². The number of carbonyl (C=O) groups is 3. The molecule has 2 amide bonds. The molecule has 126 valence electrons. The molecule has 0 aliphatic heterocycles. The molecular weight excluding hydrogens is 300 g/mol. The molecule has 0 heterocycles. The molecule has 7 nitrogen and oxygen atoms in total.